The number of amides is 1. The molecule has 0 radical (unpaired) electrons. The highest BCUT2D eigenvalue weighted by Crippen LogP contribution is 2.17. The van der Waals surface area contributed by atoms with Crippen molar-refractivity contribution in [2.24, 2.45) is 0 Å². The van der Waals surface area contributed by atoms with Gasteiger partial charge in [-0.3, -0.25) is 4.79 Å². The fraction of sp³-hybridized carbons (Fsp3) is 0.250. The monoisotopic (exact) mass is 332 g/mol. The molecule has 3 aromatic rings. The Kier molecular flexibility index (Phi) is 4.29. The van der Waals surface area contributed by atoms with Crippen LogP contribution in [0.2, 0.25) is 0 Å². The minimum Gasteiger partial charge on any atom is -0.357 e. The zero-order valence-electron chi connectivity index (χ0n) is 14.0. The second kappa shape index (κ2) is 6.89. The van der Waals surface area contributed by atoms with Crippen molar-refractivity contribution in [1.29, 1.82) is 0 Å². The van der Waals surface area contributed by atoms with Crippen LogP contribution >= 0.6 is 0 Å². The van der Waals surface area contributed by atoms with Crippen molar-refractivity contribution in [3.8, 4) is 0 Å². The molecule has 0 spiro atoms. The van der Waals surface area contributed by atoms with Gasteiger partial charge < -0.3 is 10.2 Å². The molecule has 1 fully saturated rings. The molecule has 25 heavy (non-hydrogen) atoms. The van der Waals surface area contributed by atoms with Crippen LogP contribution in [0.5, 0.6) is 0 Å². The number of fused-ring (bicyclic) bond motifs is 1. The van der Waals surface area contributed by atoms with Crippen molar-refractivity contribution in [1.82, 2.24) is 15.3 Å². The molecule has 1 aromatic heterocycles. The van der Waals surface area contributed by atoms with E-state index in [2.05, 4.69) is 20.2 Å². The summed E-state index contributed by atoms with van der Waals surface area (Å²) in [4.78, 5) is 23.5. The molecule has 1 saturated heterocycles. The van der Waals surface area contributed by atoms with E-state index in [1.54, 1.807) is 6.20 Å². The average molecular weight is 332 g/mol. The summed E-state index contributed by atoms with van der Waals surface area (Å²) >= 11 is 0. The summed E-state index contributed by atoms with van der Waals surface area (Å²) in [6.45, 7) is 2.41. The molecule has 5 heteroatoms. The molecule has 1 aliphatic rings. The Morgan fingerprint density at radius 3 is 2.68 bits per heavy atom. The summed E-state index contributed by atoms with van der Waals surface area (Å²) in [5.41, 5.74) is 0.648. The number of anilines is 1. The highest BCUT2D eigenvalue weighted by atomic mass is 16.1. The van der Waals surface area contributed by atoms with Gasteiger partial charge in [0, 0.05) is 24.8 Å². The van der Waals surface area contributed by atoms with Gasteiger partial charge in [-0.25, -0.2) is 9.97 Å². The Morgan fingerprint density at radius 2 is 1.84 bits per heavy atom. The van der Waals surface area contributed by atoms with E-state index in [4.69, 9.17) is 0 Å². The largest absolute Gasteiger partial charge is 0.357 e. The van der Waals surface area contributed by atoms with Crippen molar-refractivity contribution in [2.45, 2.75) is 19.4 Å². The number of aromatic nitrogens is 2. The molecule has 0 bridgehead atoms. The summed E-state index contributed by atoms with van der Waals surface area (Å²) in [6.07, 6.45) is 4.17. The van der Waals surface area contributed by atoms with Crippen molar-refractivity contribution in [2.75, 3.05) is 18.0 Å². The minimum absolute atomic E-state index is 0.110. The molecule has 1 amide bonds. The van der Waals surface area contributed by atoms with Crippen molar-refractivity contribution in [3.05, 3.63) is 66.1 Å². The summed E-state index contributed by atoms with van der Waals surface area (Å²) in [6, 6.07) is 15.7. The van der Waals surface area contributed by atoms with Crippen LogP contribution in [0, 0.1) is 0 Å². The fourth-order valence-corrected chi connectivity index (χ4v) is 3.19. The zero-order chi connectivity index (χ0) is 17.1. The van der Waals surface area contributed by atoms with Crippen LogP contribution in [0.1, 0.15) is 29.0 Å². The third kappa shape index (κ3) is 3.45. The zero-order valence-corrected chi connectivity index (χ0v) is 14.0. The molecule has 4 rings (SSSR count). The van der Waals surface area contributed by atoms with Crippen LogP contribution < -0.4 is 10.2 Å². The van der Waals surface area contributed by atoms with Gasteiger partial charge in [-0.2, -0.15) is 0 Å². The third-order valence-corrected chi connectivity index (χ3v) is 4.54. The summed E-state index contributed by atoms with van der Waals surface area (Å²) in [5, 5.41) is 5.10. The lowest BCUT2D eigenvalue weighted by molar-refractivity contribution is 0.0950. The van der Waals surface area contributed by atoms with Crippen LogP contribution in [0.4, 0.5) is 5.82 Å². The van der Waals surface area contributed by atoms with Crippen molar-refractivity contribution >= 4 is 22.5 Å². The summed E-state index contributed by atoms with van der Waals surface area (Å²) in [7, 11) is 0. The van der Waals surface area contributed by atoms with E-state index in [-0.39, 0.29) is 5.91 Å². The van der Waals surface area contributed by atoms with E-state index in [9.17, 15) is 4.79 Å². The third-order valence-electron chi connectivity index (χ3n) is 4.54. The van der Waals surface area contributed by atoms with E-state index in [1.807, 2.05) is 48.5 Å². The Hall–Kier alpha value is -2.95. The maximum Gasteiger partial charge on any atom is 0.251 e. The first-order valence-corrected chi connectivity index (χ1v) is 8.63. The second-order valence-corrected chi connectivity index (χ2v) is 6.27. The molecular formula is C20H20N4O. The highest BCUT2D eigenvalue weighted by molar-refractivity contribution is 5.98. The molecule has 0 saturated carbocycles. The van der Waals surface area contributed by atoms with Crippen molar-refractivity contribution < 1.29 is 4.79 Å². The Morgan fingerprint density at radius 1 is 1.04 bits per heavy atom. The summed E-state index contributed by atoms with van der Waals surface area (Å²) < 4.78 is 0. The number of carbonyl (C=O) groups is 1. The number of rotatable bonds is 4. The maximum atomic E-state index is 12.4. The number of carbonyl (C=O) groups excluding carboxylic acids is 1. The van der Waals surface area contributed by atoms with E-state index < -0.39 is 0 Å². The molecule has 0 unspecified atom stereocenters. The molecule has 1 N–H and O–H groups in total. The van der Waals surface area contributed by atoms with Crippen LogP contribution in [0.25, 0.3) is 10.8 Å². The molecule has 0 aliphatic carbocycles. The van der Waals surface area contributed by atoms with Gasteiger partial charge in [0.2, 0.25) is 0 Å². The first-order valence-electron chi connectivity index (χ1n) is 8.63. The lowest BCUT2D eigenvalue weighted by Gasteiger charge is -2.16. The van der Waals surface area contributed by atoms with Gasteiger partial charge in [0.05, 0.1) is 6.54 Å². The number of nitrogens with zero attached hydrogens (tertiary/aromatic N) is 3. The lowest BCUT2D eigenvalue weighted by Crippen LogP contribution is -2.25. The van der Waals surface area contributed by atoms with E-state index in [0.29, 0.717) is 17.9 Å². The number of hydrogen-bond donors (Lipinski definition) is 1. The predicted molar refractivity (Wildman–Crippen MR) is 98.6 cm³/mol. The molecule has 126 valence electrons. The normalized spacial score (nSPS) is 14.0. The van der Waals surface area contributed by atoms with E-state index >= 15 is 0 Å². The first kappa shape index (κ1) is 15.6. The molecule has 0 atom stereocenters. The highest BCUT2D eigenvalue weighted by Gasteiger charge is 2.14. The SMILES string of the molecule is O=C(NCc1nccc(N2CCCC2)n1)c1ccc2ccccc2c1. The Labute approximate surface area is 146 Å². The molecular weight excluding hydrogens is 312 g/mol. The van der Waals surface area contributed by atoms with Gasteiger partial charge in [0.15, 0.2) is 0 Å². The van der Waals surface area contributed by atoms with Crippen LogP contribution in [-0.4, -0.2) is 29.0 Å². The van der Waals surface area contributed by atoms with Gasteiger partial charge in [-0.05, 0) is 41.8 Å². The molecule has 2 heterocycles. The number of hydrogen-bond acceptors (Lipinski definition) is 4. The first-order chi connectivity index (χ1) is 12.3. The standard InChI is InChI=1S/C20H20N4O/c25-20(17-8-7-15-5-1-2-6-16(15)13-17)22-14-18-21-10-9-19(23-18)24-11-3-4-12-24/h1-2,5-10,13H,3-4,11-12,14H2,(H,22,25). The quantitative estimate of drug-likeness (QED) is 0.797. The van der Waals surface area contributed by atoms with Gasteiger partial charge in [-0.15, -0.1) is 0 Å². The van der Waals surface area contributed by atoms with Gasteiger partial charge in [0.25, 0.3) is 5.91 Å². The van der Waals surface area contributed by atoms with Gasteiger partial charge >= 0.3 is 0 Å². The van der Waals surface area contributed by atoms with Crippen LogP contribution in [0.3, 0.4) is 0 Å². The molecule has 2 aromatic carbocycles. The predicted octanol–water partition coefficient (Wildman–Crippen LogP) is 3.16. The van der Waals surface area contributed by atoms with E-state index in [0.717, 1.165) is 29.7 Å². The summed E-state index contributed by atoms with van der Waals surface area (Å²) in [5.74, 6) is 1.47. The van der Waals surface area contributed by atoms with Crippen LogP contribution in [0.15, 0.2) is 54.7 Å². The van der Waals surface area contributed by atoms with Gasteiger partial charge in [0.1, 0.15) is 11.6 Å². The van der Waals surface area contributed by atoms with Crippen molar-refractivity contribution in [3.63, 3.8) is 0 Å². The Bertz CT molecular complexity index is 903. The second-order valence-electron chi connectivity index (χ2n) is 6.27. The van der Waals surface area contributed by atoms with Gasteiger partial charge in [-0.1, -0.05) is 30.3 Å². The smallest absolute Gasteiger partial charge is 0.251 e. The topological polar surface area (TPSA) is 58.1 Å². The number of benzene rings is 2. The maximum absolute atomic E-state index is 12.4. The molecule has 1 aliphatic heterocycles. The van der Waals surface area contributed by atoms with Crippen LogP contribution in [-0.2, 0) is 6.54 Å². The number of nitrogens with one attached hydrogen (secondary N) is 1. The Balaban J connectivity index is 1.45. The average Bonchev–Trinajstić information content (AvgIpc) is 3.21. The molecule has 5 nitrogen and oxygen atoms in total. The lowest BCUT2D eigenvalue weighted by atomic mass is 10.1. The van der Waals surface area contributed by atoms with E-state index in [1.165, 1.54) is 12.8 Å². The fourth-order valence-electron chi connectivity index (χ4n) is 3.19. The minimum atomic E-state index is -0.110.